The first-order chi connectivity index (χ1) is 6.68. The van der Waals surface area contributed by atoms with Crippen molar-refractivity contribution in [3.63, 3.8) is 0 Å². The van der Waals surface area contributed by atoms with Gasteiger partial charge in [-0.15, -0.1) is 5.10 Å². The average Bonchev–Trinajstić information content (AvgIpc) is 2.44. The minimum atomic E-state index is -1.09. The summed E-state index contributed by atoms with van der Waals surface area (Å²) in [5, 5.41) is 12.3. The Morgan fingerprint density at radius 3 is 2.93 bits per heavy atom. The second-order valence-electron chi connectivity index (χ2n) is 2.76. The first-order valence-electron chi connectivity index (χ1n) is 3.94. The number of hydrogen-bond donors (Lipinski definition) is 1. The highest BCUT2D eigenvalue weighted by molar-refractivity contribution is 5.66. The van der Waals surface area contributed by atoms with Crippen LogP contribution in [-0.4, -0.2) is 25.3 Å². The molecule has 0 saturated carbocycles. The second-order valence-corrected chi connectivity index (χ2v) is 2.76. The molecule has 0 spiro atoms. The Kier molecular flexibility index (Phi) is 1.81. The van der Waals surface area contributed by atoms with E-state index in [4.69, 9.17) is 5.11 Å². The van der Waals surface area contributed by atoms with E-state index in [0.29, 0.717) is 5.65 Å². The minimum absolute atomic E-state index is 0.416. The maximum atomic E-state index is 11.5. The zero-order valence-electron chi connectivity index (χ0n) is 7.12. The maximum Gasteiger partial charge on any atom is 0.350 e. The van der Waals surface area contributed by atoms with Crippen molar-refractivity contribution in [3.8, 4) is 0 Å². The van der Waals surface area contributed by atoms with Crippen molar-refractivity contribution < 1.29 is 9.90 Å². The van der Waals surface area contributed by atoms with E-state index in [-0.39, 0.29) is 0 Å². The summed E-state index contributed by atoms with van der Waals surface area (Å²) in [6.07, 6.45) is 1.54. The number of fused-ring (bicyclic) bond motifs is 1. The van der Waals surface area contributed by atoms with Crippen LogP contribution >= 0.6 is 0 Å². The predicted octanol–water partition coefficient (Wildman–Crippen LogP) is -0.419. The molecule has 0 amide bonds. The lowest BCUT2D eigenvalue weighted by molar-refractivity contribution is -0.137. The molecule has 2 rings (SSSR count). The molecule has 0 fully saturated rings. The summed E-state index contributed by atoms with van der Waals surface area (Å²) < 4.78 is 2.21. The highest BCUT2D eigenvalue weighted by Gasteiger charge is 2.08. The summed E-state index contributed by atoms with van der Waals surface area (Å²) in [6, 6.07) is 5.05. The molecular formula is C8H7N3O3. The quantitative estimate of drug-likeness (QED) is 0.702. The molecule has 0 aromatic carbocycles. The largest absolute Gasteiger partial charge is 0.480 e. The third kappa shape index (κ3) is 1.26. The second kappa shape index (κ2) is 2.99. The van der Waals surface area contributed by atoms with Gasteiger partial charge in [0.15, 0.2) is 5.65 Å². The molecule has 2 heterocycles. The van der Waals surface area contributed by atoms with Crippen LogP contribution < -0.4 is 5.69 Å². The highest BCUT2D eigenvalue weighted by Crippen LogP contribution is 1.94. The molecule has 72 valence electrons. The summed E-state index contributed by atoms with van der Waals surface area (Å²) >= 11 is 0. The van der Waals surface area contributed by atoms with E-state index in [0.717, 1.165) is 4.68 Å². The van der Waals surface area contributed by atoms with Crippen molar-refractivity contribution in [1.29, 1.82) is 0 Å². The number of carboxylic acids is 1. The molecule has 0 bridgehead atoms. The molecular weight excluding hydrogens is 186 g/mol. The Morgan fingerprint density at radius 2 is 2.29 bits per heavy atom. The number of aromatic nitrogens is 3. The van der Waals surface area contributed by atoms with Crippen LogP contribution in [0.4, 0.5) is 0 Å². The topological polar surface area (TPSA) is 76.6 Å². The van der Waals surface area contributed by atoms with Crippen LogP contribution in [-0.2, 0) is 11.3 Å². The molecule has 0 radical (unpaired) electrons. The van der Waals surface area contributed by atoms with Gasteiger partial charge in [0.25, 0.3) is 0 Å². The van der Waals surface area contributed by atoms with Crippen LogP contribution in [0.2, 0.25) is 0 Å². The zero-order valence-corrected chi connectivity index (χ0v) is 7.12. The van der Waals surface area contributed by atoms with Gasteiger partial charge < -0.3 is 5.11 Å². The Labute approximate surface area is 78.0 Å². The highest BCUT2D eigenvalue weighted by atomic mass is 16.4. The van der Waals surface area contributed by atoms with Crippen LogP contribution in [0.3, 0.4) is 0 Å². The number of hydrogen-bond acceptors (Lipinski definition) is 3. The van der Waals surface area contributed by atoms with Crippen molar-refractivity contribution in [1.82, 2.24) is 14.2 Å². The fourth-order valence-electron chi connectivity index (χ4n) is 1.20. The molecule has 0 aliphatic rings. The van der Waals surface area contributed by atoms with Crippen LogP contribution in [0.15, 0.2) is 29.2 Å². The summed E-state index contributed by atoms with van der Waals surface area (Å²) in [4.78, 5) is 21.9. The molecule has 1 N–H and O–H groups in total. The summed E-state index contributed by atoms with van der Waals surface area (Å²) in [5.74, 6) is -1.09. The van der Waals surface area contributed by atoms with Crippen molar-refractivity contribution >= 4 is 11.6 Å². The van der Waals surface area contributed by atoms with E-state index >= 15 is 0 Å². The third-order valence-corrected chi connectivity index (χ3v) is 1.77. The van der Waals surface area contributed by atoms with Crippen LogP contribution in [0.5, 0.6) is 0 Å². The van der Waals surface area contributed by atoms with E-state index in [1.807, 2.05) is 0 Å². The zero-order chi connectivity index (χ0) is 10.1. The first-order valence-corrected chi connectivity index (χ1v) is 3.94. The molecule has 0 unspecified atom stereocenters. The van der Waals surface area contributed by atoms with Crippen LogP contribution in [0.25, 0.3) is 5.65 Å². The fraction of sp³-hybridized carbons (Fsp3) is 0.125. The molecule has 0 aliphatic carbocycles. The molecule has 6 nitrogen and oxygen atoms in total. The molecule has 0 atom stereocenters. The Hall–Kier alpha value is -2.11. The minimum Gasteiger partial charge on any atom is -0.480 e. The predicted molar refractivity (Wildman–Crippen MR) is 47.1 cm³/mol. The van der Waals surface area contributed by atoms with E-state index in [1.54, 1.807) is 24.4 Å². The van der Waals surface area contributed by atoms with Crippen molar-refractivity contribution in [3.05, 3.63) is 34.9 Å². The van der Waals surface area contributed by atoms with E-state index in [9.17, 15) is 9.59 Å². The van der Waals surface area contributed by atoms with E-state index in [1.165, 1.54) is 4.40 Å². The van der Waals surface area contributed by atoms with Gasteiger partial charge in [-0.3, -0.25) is 9.20 Å². The fourth-order valence-corrected chi connectivity index (χ4v) is 1.20. The number of carbonyl (C=O) groups is 1. The van der Waals surface area contributed by atoms with Crippen molar-refractivity contribution in [2.75, 3.05) is 0 Å². The van der Waals surface area contributed by atoms with Gasteiger partial charge in [0.05, 0.1) is 0 Å². The maximum absolute atomic E-state index is 11.5. The summed E-state index contributed by atoms with van der Waals surface area (Å²) in [7, 11) is 0. The third-order valence-electron chi connectivity index (χ3n) is 1.77. The number of rotatable bonds is 2. The van der Waals surface area contributed by atoms with Gasteiger partial charge in [-0.05, 0) is 12.1 Å². The van der Waals surface area contributed by atoms with Crippen LogP contribution in [0, 0.1) is 0 Å². The van der Waals surface area contributed by atoms with Gasteiger partial charge >= 0.3 is 11.7 Å². The normalized spacial score (nSPS) is 10.6. The molecule has 0 saturated heterocycles. The lowest BCUT2D eigenvalue weighted by Gasteiger charge is -1.89. The van der Waals surface area contributed by atoms with Crippen molar-refractivity contribution in [2.24, 2.45) is 0 Å². The Morgan fingerprint density at radius 1 is 1.50 bits per heavy atom. The standard InChI is InChI=1S/C8H7N3O3/c12-7(13)5-11-8(14)10-4-2-1-3-6(10)9-11/h1-4H,5H2,(H,12,13). The molecule has 2 aromatic rings. The van der Waals surface area contributed by atoms with Gasteiger partial charge in [0.1, 0.15) is 6.54 Å². The molecule has 2 aromatic heterocycles. The number of carboxylic acid groups (broad SMARTS) is 1. The SMILES string of the molecule is O=C(O)Cn1nc2ccccn2c1=O. The van der Waals surface area contributed by atoms with Crippen molar-refractivity contribution in [2.45, 2.75) is 6.54 Å². The van der Waals surface area contributed by atoms with E-state index in [2.05, 4.69) is 5.10 Å². The monoisotopic (exact) mass is 193 g/mol. The van der Waals surface area contributed by atoms with Gasteiger partial charge in [-0.25, -0.2) is 9.48 Å². The van der Waals surface area contributed by atoms with Gasteiger partial charge in [0, 0.05) is 6.20 Å². The Balaban J connectivity index is 2.63. The summed E-state index contributed by atoms with van der Waals surface area (Å²) in [5.41, 5.74) is 0.00162. The Bertz CT molecular complexity index is 540. The van der Waals surface area contributed by atoms with Gasteiger partial charge in [-0.1, -0.05) is 6.07 Å². The lowest BCUT2D eigenvalue weighted by Crippen LogP contribution is -2.24. The molecule has 0 aliphatic heterocycles. The number of nitrogens with zero attached hydrogens (tertiary/aromatic N) is 3. The molecule has 6 heteroatoms. The smallest absolute Gasteiger partial charge is 0.350 e. The van der Waals surface area contributed by atoms with Gasteiger partial charge in [0.2, 0.25) is 0 Å². The van der Waals surface area contributed by atoms with Crippen LogP contribution in [0.1, 0.15) is 0 Å². The lowest BCUT2D eigenvalue weighted by atomic mass is 10.5. The first kappa shape index (κ1) is 8.49. The summed E-state index contributed by atoms with van der Waals surface area (Å²) in [6.45, 7) is -0.416. The van der Waals surface area contributed by atoms with E-state index < -0.39 is 18.2 Å². The number of aliphatic carboxylic acids is 1. The van der Waals surface area contributed by atoms with Gasteiger partial charge in [-0.2, -0.15) is 0 Å². The number of pyridine rings is 1. The molecule has 14 heavy (non-hydrogen) atoms. The average molecular weight is 193 g/mol.